The van der Waals surface area contributed by atoms with Crippen molar-refractivity contribution in [1.29, 1.82) is 0 Å². The molecule has 0 amide bonds. The summed E-state index contributed by atoms with van der Waals surface area (Å²) >= 11 is 1.65. The van der Waals surface area contributed by atoms with Crippen LogP contribution in [-0.4, -0.2) is 24.3 Å². The topological polar surface area (TPSA) is 72.5 Å². The minimum Gasteiger partial charge on any atom is -0.480 e. The predicted octanol–water partition coefficient (Wildman–Crippen LogP) is 2.15. The molecule has 0 aliphatic rings. The molecule has 1 aromatic heterocycles. The number of ether oxygens (including phenoxy) is 1. The molecule has 5 heteroatoms. The molecule has 0 fully saturated rings. The average molecular weight is 257 g/mol. The summed E-state index contributed by atoms with van der Waals surface area (Å²) < 4.78 is 4.99. The van der Waals surface area contributed by atoms with Gasteiger partial charge in [-0.1, -0.05) is 20.8 Å². The molecule has 0 bridgehead atoms. The Balaban J connectivity index is 2.55. The first kappa shape index (κ1) is 14.2. The normalized spacial score (nSPS) is 13.6. The molecule has 0 spiro atoms. The first-order valence-corrected chi connectivity index (χ1v) is 6.27. The molecule has 96 valence electrons. The highest BCUT2D eigenvalue weighted by Gasteiger charge is 2.18. The lowest BCUT2D eigenvalue weighted by Crippen LogP contribution is -2.18. The number of carbonyl (C=O) groups is 1. The van der Waals surface area contributed by atoms with Crippen LogP contribution in [0.5, 0.6) is 0 Å². The molecular weight excluding hydrogens is 238 g/mol. The number of rotatable bonds is 5. The van der Waals surface area contributed by atoms with Gasteiger partial charge in [0.15, 0.2) is 0 Å². The van der Waals surface area contributed by atoms with Crippen LogP contribution >= 0.6 is 11.3 Å². The number of hydrogen-bond acceptors (Lipinski definition) is 4. The Morgan fingerprint density at radius 2 is 2.18 bits per heavy atom. The molecule has 3 N–H and O–H groups in total. The SMILES string of the molecule is CC(C)(C)c1ccc(C(N)COCC(=O)O)s1. The van der Waals surface area contributed by atoms with Gasteiger partial charge in [-0.15, -0.1) is 11.3 Å². The van der Waals surface area contributed by atoms with E-state index in [1.165, 1.54) is 4.88 Å². The third-order valence-electron chi connectivity index (χ3n) is 2.25. The van der Waals surface area contributed by atoms with Crippen molar-refractivity contribution in [2.75, 3.05) is 13.2 Å². The van der Waals surface area contributed by atoms with E-state index in [9.17, 15) is 4.79 Å². The molecule has 0 saturated heterocycles. The zero-order valence-corrected chi connectivity index (χ0v) is 11.2. The van der Waals surface area contributed by atoms with E-state index in [4.69, 9.17) is 15.6 Å². The van der Waals surface area contributed by atoms with Crippen molar-refractivity contribution in [2.45, 2.75) is 32.2 Å². The fraction of sp³-hybridized carbons (Fsp3) is 0.583. The number of nitrogens with two attached hydrogens (primary N) is 1. The standard InChI is InChI=1S/C12H19NO3S/c1-12(2,3)10-5-4-9(17-10)8(13)6-16-7-11(14)15/h4-5,8H,6-7,13H2,1-3H3,(H,14,15). The number of carboxylic acid groups (broad SMARTS) is 1. The second-order valence-corrected chi connectivity index (χ2v) is 6.08. The van der Waals surface area contributed by atoms with Crippen molar-refractivity contribution < 1.29 is 14.6 Å². The Hall–Kier alpha value is -0.910. The third-order valence-corrected chi connectivity index (χ3v) is 3.90. The lowest BCUT2D eigenvalue weighted by molar-refractivity contribution is -0.142. The van der Waals surface area contributed by atoms with Gasteiger partial charge in [-0.05, 0) is 17.5 Å². The van der Waals surface area contributed by atoms with Crippen LogP contribution in [0.3, 0.4) is 0 Å². The smallest absolute Gasteiger partial charge is 0.329 e. The molecule has 1 aromatic rings. The summed E-state index contributed by atoms with van der Waals surface area (Å²) in [6.07, 6.45) is 0. The molecule has 1 rings (SSSR count). The molecule has 1 heterocycles. The highest BCUT2D eigenvalue weighted by atomic mass is 32.1. The van der Waals surface area contributed by atoms with E-state index < -0.39 is 5.97 Å². The van der Waals surface area contributed by atoms with Crippen molar-refractivity contribution in [3.63, 3.8) is 0 Å². The van der Waals surface area contributed by atoms with Crippen LogP contribution in [0, 0.1) is 0 Å². The molecule has 17 heavy (non-hydrogen) atoms. The zero-order chi connectivity index (χ0) is 13.1. The summed E-state index contributed by atoms with van der Waals surface area (Å²) in [5.41, 5.74) is 6.05. The van der Waals surface area contributed by atoms with Gasteiger partial charge in [-0.25, -0.2) is 4.79 Å². The summed E-state index contributed by atoms with van der Waals surface area (Å²) in [5.74, 6) is -0.973. The second kappa shape index (κ2) is 5.62. The summed E-state index contributed by atoms with van der Waals surface area (Å²) in [6, 6.07) is 3.80. The molecule has 0 aromatic carbocycles. The zero-order valence-electron chi connectivity index (χ0n) is 10.4. The van der Waals surface area contributed by atoms with Crippen molar-refractivity contribution in [1.82, 2.24) is 0 Å². The number of thiophene rings is 1. The van der Waals surface area contributed by atoms with E-state index in [1.54, 1.807) is 11.3 Å². The van der Waals surface area contributed by atoms with Crippen molar-refractivity contribution in [3.05, 3.63) is 21.9 Å². The average Bonchev–Trinajstić information content (AvgIpc) is 2.64. The van der Waals surface area contributed by atoms with Gasteiger partial charge in [0.1, 0.15) is 6.61 Å². The number of aliphatic carboxylic acids is 1. The molecule has 0 aliphatic carbocycles. The number of hydrogen-bond donors (Lipinski definition) is 2. The monoisotopic (exact) mass is 257 g/mol. The van der Waals surface area contributed by atoms with E-state index in [0.29, 0.717) is 0 Å². The van der Waals surface area contributed by atoms with Crippen molar-refractivity contribution >= 4 is 17.3 Å². The largest absolute Gasteiger partial charge is 0.480 e. The van der Waals surface area contributed by atoms with Gasteiger partial charge in [0, 0.05) is 9.75 Å². The van der Waals surface area contributed by atoms with E-state index in [1.807, 2.05) is 6.07 Å². The van der Waals surface area contributed by atoms with Gasteiger partial charge in [-0.3, -0.25) is 0 Å². The van der Waals surface area contributed by atoms with Crippen LogP contribution in [-0.2, 0) is 14.9 Å². The molecule has 0 radical (unpaired) electrons. The van der Waals surface area contributed by atoms with Crippen LogP contribution in [0.15, 0.2) is 12.1 Å². The van der Waals surface area contributed by atoms with Gasteiger partial charge < -0.3 is 15.6 Å². The second-order valence-electron chi connectivity index (χ2n) is 4.97. The summed E-state index contributed by atoms with van der Waals surface area (Å²) in [6.45, 7) is 6.38. The van der Waals surface area contributed by atoms with Gasteiger partial charge in [0.25, 0.3) is 0 Å². The molecule has 0 aliphatic heterocycles. The summed E-state index contributed by atoms with van der Waals surface area (Å²) in [7, 11) is 0. The Labute approximate surface area is 105 Å². The quantitative estimate of drug-likeness (QED) is 0.847. The van der Waals surface area contributed by atoms with Crippen LogP contribution in [0.1, 0.15) is 36.6 Å². The van der Waals surface area contributed by atoms with Crippen molar-refractivity contribution in [2.24, 2.45) is 5.73 Å². The molecular formula is C12H19NO3S. The molecule has 1 atom stereocenters. The first-order chi connectivity index (χ1) is 7.80. The maximum Gasteiger partial charge on any atom is 0.329 e. The van der Waals surface area contributed by atoms with E-state index in [2.05, 4.69) is 26.8 Å². The van der Waals surface area contributed by atoms with E-state index in [0.717, 1.165) is 4.88 Å². The highest BCUT2D eigenvalue weighted by molar-refractivity contribution is 7.12. The number of carboxylic acids is 1. The van der Waals surface area contributed by atoms with Gasteiger partial charge in [0.05, 0.1) is 12.6 Å². The maximum absolute atomic E-state index is 10.3. The van der Waals surface area contributed by atoms with E-state index >= 15 is 0 Å². The van der Waals surface area contributed by atoms with Crippen LogP contribution in [0.2, 0.25) is 0 Å². The lowest BCUT2D eigenvalue weighted by atomic mass is 9.95. The Morgan fingerprint density at radius 1 is 1.53 bits per heavy atom. The Kier molecular flexibility index (Phi) is 4.68. The van der Waals surface area contributed by atoms with Crippen LogP contribution in [0.4, 0.5) is 0 Å². The fourth-order valence-corrected chi connectivity index (χ4v) is 2.36. The molecule has 0 saturated carbocycles. The molecule has 1 unspecified atom stereocenters. The van der Waals surface area contributed by atoms with Crippen LogP contribution < -0.4 is 5.73 Å². The summed E-state index contributed by atoms with van der Waals surface area (Å²) in [5, 5.41) is 8.44. The van der Waals surface area contributed by atoms with Gasteiger partial charge >= 0.3 is 5.97 Å². The van der Waals surface area contributed by atoms with Crippen molar-refractivity contribution in [3.8, 4) is 0 Å². The lowest BCUT2D eigenvalue weighted by Gasteiger charge is -2.15. The van der Waals surface area contributed by atoms with Crippen LogP contribution in [0.25, 0.3) is 0 Å². The molecule has 4 nitrogen and oxygen atoms in total. The van der Waals surface area contributed by atoms with Gasteiger partial charge in [0.2, 0.25) is 0 Å². The fourth-order valence-electron chi connectivity index (χ4n) is 1.31. The predicted molar refractivity (Wildman–Crippen MR) is 68.4 cm³/mol. The minimum absolute atomic E-state index is 0.116. The highest BCUT2D eigenvalue weighted by Crippen LogP contribution is 2.31. The van der Waals surface area contributed by atoms with E-state index in [-0.39, 0.29) is 24.7 Å². The summed E-state index contributed by atoms with van der Waals surface area (Å²) in [4.78, 5) is 12.6. The first-order valence-electron chi connectivity index (χ1n) is 5.46. The Morgan fingerprint density at radius 3 is 2.65 bits per heavy atom. The Bertz CT molecular complexity index is 381. The minimum atomic E-state index is -0.973. The van der Waals surface area contributed by atoms with Gasteiger partial charge in [-0.2, -0.15) is 0 Å². The third kappa shape index (κ3) is 4.46. The maximum atomic E-state index is 10.3.